The highest BCUT2D eigenvalue weighted by Gasteiger charge is 2.37. The van der Waals surface area contributed by atoms with Crippen molar-refractivity contribution in [2.24, 2.45) is 5.92 Å². The molecule has 5 nitrogen and oxygen atoms in total. The monoisotopic (exact) mass is 248 g/mol. The lowest BCUT2D eigenvalue weighted by Crippen LogP contribution is -2.47. The second-order valence-electron chi connectivity index (χ2n) is 5.46. The zero-order valence-corrected chi connectivity index (χ0v) is 10.6. The molecule has 0 spiro atoms. The molecule has 3 rings (SSSR count). The summed E-state index contributed by atoms with van der Waals surface area (Å²) in [5, 5.41) is 4.08. The minimum Gasteiger partial charge on any atom is -0.396 e. The van der Waals surface area contributed by atoms with Crippen LogP contribution in [-0.2, 0) is 11.3 Å². The molecule has 0 radical (unpaired) electrons. The Morgan fingerprint density at radius 3 is 3.00 bits per heavy atom. The second-order valence-corrected chi connectivity index (χ2v) is 5.46. The summed E-state index contributed by atoms with van der Waals surface area (Å²) in [5.74, 6) is 0.931. The summed E-state index contributed by atoms with van der Waals surface area (Å²) >= 11 is 0. The van der Waals surface area contributed by atoms with Gasteiger partial charge in [-0.1, -0.05) is 6.42 Å². The molecular weight excluding hydrogens is 228 g/mol. The maximum absolute atomic E-state index is 12.3. The summed E-state index contributed by atoms with van der Waals surface area (Å²) in [5.41, 5.74) is 6.22. The van der Waals surface area contributed by atoms with Crippen molar-refractivity contribution in [3.05, 3.63) is 12.4 Å². The van der Waals surface area contributed by atoms with E-state index >= 15 is 0 Å². The average molecular weight is 248 g/mol. The molecule has 1 aliphatic carbocycles. The fraction of sp³-hybridized carbons (Fsp3) is 0.692. The minimum absolute atomic E-state index is 0.190. The number of carbonyl (C=O) groups is 1. The highest BCUT2D eigenvalue weighted by Crippen LogP contribution is 2.36. The van der Waals surface area contributed by atoms with Crippen LogP contribution in [0.3, 0.4) is 0 Å². The molecule has 5 heteroatoms. The van der Waals surface area contributed by atoms with Crippen LogP contribution in [0.25, 0.3) is 0 Å². The predicted molar refractivity (Wildman–Crippen MR) is 68.7 cm³/mol. The lowest BCUT2D eigenvalue weighted by Gasteiger charge is -2.37. The predicted octanol–water partition coefficient (Wildman–Crippen LogP) is 1.26. The molecule has 1 aromatic rings. The molecule has 2 atom stereocenters. The fourth-order valence-electron chi connectivity index (χ4n) is 3.46. The number of nitrogens with two attached hydrogens (primary N) is 1. The van der Waals surface area contributed by atoms with E-state index in [1.54, 1.807) is 17.1 Å². The minimum atomic E-state index is 0.190. The first-order valence-corrected chi connectivity index (χ1v) is 6.81. The zero-order valence-electron chi connectivity index (χ0n) is 10.6. The van der Waals surface area contributed by atoms with Gasteiger partial charge in [0, 0.05) is 18.8 Å². The number of nitrogens with zero attached hydrogens (tertiary/aromatic N) is 3. The number of anilines is 1. The van der Waals surface area contributed by atoms with Crippen LogP contribution < -0.4 is 5.73 Å². The number of hydrogen-bond donors (Lipinski definition) is 1. The van der Waals surface area contributed by atoms with Gasteiger partial charge in [-0.2, -0.15) is 5.10 Å². The van der Waals surface area contributed by atoms with Crippen LogP contribution in [0.4, 0.5) is 5.69 Å². The normalized spacial score (nSPS) is 27.2. The van der Waals surface area contributed by atoms with Crippen molar-refractivity contribution in [2.75, 3.05) is 12.3 Å². The molecule has 0 bridgehead atoms. The molecule has 1 aliphatic heterocycles. The molecule has 1 aromatic heterocycles. The smallest absolute Gasteiger partial charge is 0.244 e. The third kappa shape index (κ3) is 2.09. The Balaban J connectivity index is 1.68. The van der Waals surface area contributed by atoms with E-state index in [1.807, 2.05) is 0 Å². The van der Waals surface area contributed by atoms with Crippen LogP contribution in [0.15, 0.2) is 12.4 Å². The molecule has 98 valence electrons. The molecule has 2 aliphatic rings. The van der Waals surface area contributed by atoms with Gasteiger partial charge in [0.2, 0.25) is 5.91 Å². The third-order valence-corrected chi connectivity index (χ3v) is 4.26. The standard InChI is InChI=1S/C13H20N4O/c14-11-7-15-16(8-11)9-13(18)17-6-2-4-10-3-1-5-12(10)17/h7-8,10,12H,1-6,9,14H2. The van der Waals surface area contributed by atoms with Gasteiger partial charge in [-0.15, -0.1) is 0 Å². The van der Waals surface area contributed by atoms with E-state index in [-0.39, 0.29) is 5.91 Å². The van der Waals surface area contributed by atoms with Gasteiger partial charge >= 0.3 is 0 Å². The van der Waals surface area contributed by atoms with E-state index in [9.17, 15) is 4.79 Å². The van der Waals surface area contributed by atoms with Crippen molar-refractivity contribution >= 4 is 11.6 Å². The molecule has 2 fully saturated rings. The Hall–Kier alpha value is -1.52. The number of likely N-dealkylation sites (tertiary alicyclic amines) is 1. The van der Waals surface area contributed by atoms with E-state index in [2.05, 4.69) is 10.00 Å². The molecule has 0 aromatic carbocycles. The molecule has 18 heavy (non-hydrogen) atoms. The molecule has 1 saturated heterocycles. The van der Waals surface area contributed by atoms with Crippen LogP contribution in [0.2, 0.25) is 0 Å². The molecule has 2 N–H and O–H groups in total. The van der Waals surface area contributed by atoms with Gasteiger partial charge in [-0.05, 0) is 31.6 Å². The summed E-state index contributed by atoms with van der Waals surface area (Å²) in [6.07, 6.45) is 9.49. The van der Waals surface area contributed by atoms with E-state index in [4.69, 9.17) is 5.73 Å². The Labute approximate surface area is 107 Å². The van der Waals surface area contributed by atoms with Crippen molar-refractivity contribution in [2.45, 2.75) is 44.7 Å². The molecule has 2 heterocycles. The molecule has 1 amide bonds. The molecule has 2 unspecified atom stereocenters. The molecular formula is C13H20N4O. The summed E-state index contributed by atoms with van der Waals surface area (Å²) in [4.78, 5) is 14.4. The van der Waals surface area contributed by atoms with Crippen LogP contribution in [0.5, 0.6) is 0 Å². The Morgan fingerprint density at radius 2 is 2.22 bits per heavy atom. The van der Waals surface area contributed by atoms with Crippen molar-refractivity contribution in [3.63, 3.8) is 0 Å². The summed E-state index contributed by atoms with van der Waals surface area (Å²) < 4.78 is 1.64. The summed E-state index contributed by atoms with van der Waals surface area (Å²) in [6, 6.07) is 0.485. The lowest BCUT2D eigenvalue weighted by molar-refractivity contribution is -0.136. The number of fused-ring (bicyclic) bond motifs is 1. The van der Waals surface area contributed by atoms with Gasteiger partial charge in [0.15, 0.2) is 0 Å². The first-order chi connectivity index (χ1) is 8.74. The van der Waals surface area contributed by atoms with Crippen LogP contribution in [-0.4, -0.2) is 33.2 Å². The van der Waals surface area contributed by atoms with Gasteiger partial charge in [-0.3, -0.25) is 9.48 Å². The van der Waals surface area contributed by atoms with E-state index < -0.39 is 0 Å². The Bertz CT molecular complexity index is 442. The first-order valence-electron chi connectivity index (χ1n) is 6.81. The Morgan fingerprint density at radius 1 is 1.39 bits per heavy atom. The Kier molecular flexibility index (Phi) is 2.97. The maximum Gasteiger partial charge on any atom is 0.244 e. The number of rotatable bonds is 2. The summed E-state index contributed by atoms with van der Waals surface area (Å²) in [7, 11) is 0. The van der Waals surface area contributed by atoms with E-state index in [1.165, 1.54) is 25.7 Å². The highest BCUT2D eigenvalue weighted by molar-refractivity contribution is 5.76. The van der Waals surface area contributed by atoms with Gasteiger partial charge in [0.05, 0.1) is 11.9 Å². The van der Waals surface area contributed by atoms with Gasteiger partial charge in [0.1, 0.15) is 6.54 Å². The summed E-state index contributed by atoms with van der Waals surface area (Å²) in [6.45, 7) is 1.23. The number of piperidine rings is 1. The first kappa shape index (κ1) is 11.6. The van der Waals surface area contributed by atoms with Gasteiger partial charge in [-0.25, -0.2) is 0 Å². The van der Waals surface area contributed by atoms with E-state index in [0.29, 0.717) is 18.3 Å². The van der Waals surface area contributed by atoms with Crippen molar-refractivity contribution in [1.82, 2.24) is 14.7 Å². The van der Waals surface area contributed by atoms with Crippen molar-refractivity contribution in [3.8, 4) is 0 Å². The number of hydrogen-bond acceptors (Lipinski definition) is 3. The molecule has 1 saturated carbocycles. The quantitative estimate of drug-likeness (QED) is 0.857. The number of nitrogen functional groups attached to an aromatic ring is 1. The number of amides is 1. The van der Waals surface area contributed by atoms with Gasteiger partial charge < -0.3 is 10.6 Å². The van der Waals surface area contributed by atoms with Gasteiger partial charge in [0.25, 0.3) is 0 Å². The largest absolute Gasteiger partial charge is 0.396 e. The van der Waals surface area contributed by atoms with Crippen molar-refractivity contribution in [1.29, 1.82) is 0 Å². The topological polar surface area (TPSA) is 64.1 Å². The maximum atomic E-state index is 12.3. The lowest BCUT2D eigenvalue weighted by atomic mass is 9.92. The fourth-order valence-corrected chi connectivity index (χ4v) is 3.46. The average Bonchev–Trinajstić information content (AvgIpc) is 2.97. The second kappa shape index (κ2) is 4.63. The third-order valence-electron chi connectivity index (χ3n) is 4.26. The number of carbonyl (C=O) groups excluding carboxylic acids is 1. The zero-order chi connectivity index (χ0) is 12.5. The van der Waals surface area contributed by atoms with E-state index in [0.717, 1.165) is 18.9 Å². The van der Waals surface area contributed by atoms with Crippen LogP contribution in [0, 0.1) is 5.92 Å². The SMILES string of the molecule is Nc1cnn(CC(=O)N2CCCC3CCCC32)c1. The van der Waals surface area contributed by atoms with Crippen LogP contribution >= 0.6 is 0 Å². The van der Waals surface area contributed by atoms with Crippen LogP contribution in [0.1, 0.15) is 32.1 Å². The highest BCUT2D eigenvalue weighted by atomic mass is 16.2. The number of aromatic nitrogens is 2. The van der Waals surface area contributed by atoms with Crippen molar-refractivity contribution < 1.29 is 4.79 Å².